The van der Waals surface area contributed by atoms with Crippen molar-refractivity contribution >= 4 is 0 Å². The van der Waals surface area contributed by atoms with Crippen LogP contribution in [0.1, 0.15) is 11.6 Å². The molecule has 0 aliphatic carbocycles. The van der Waals surface area contributed by atoms with Crippen LogP contribution in [0.15, 0.2) is 0 Å². The molecule has 1 aromatic heterocycles. The molecular weight excluding hydrogens is 156 g/mol. The van der Waals surface area contributed by atoms with Crippen LogP contribution < -0.4 is 5.73 Å². The highest BCUT2D eigenvalue weighted by Gasteiger charge is 2.22. The number of nitrogens with zero attached hydrogens (tertiary/aromatic N) is 3. The summed E-state index contributed by atoms with van der Waals surface area (Å²) in [4.78, 5) is 0. The van der Waals surface area contributed by atoms with E-state index in [0.29, 0.717) is 6.61 Å². The normalized spacial score (nSPS) is 21.3. The van der Waals surface area contributed by atoms with Crippen molar-refractivity contribution in [1.82, 2.24) is 14.8 Å². The summed E-state index contributed by atoms with van der Waals surface area (Å²) in [6.07, 6.45) is 0.830. The van der Waals surface area contributed by atoms with E-state index in [9.17, 15) is 0 Å². The lowest BCUT2D eigenvalue weighted by Crippen LogP contribution is -2.21. The first-order chi connectivity index (χ1) is 5.81. The van der Waals surface area contributed by atoms with Crippen molar-refractivity contribution in [3.8, 4) is 0 Å². The lowest BCUT2D eigenvalue weighted by atomic mass is 10.3. The van der Waals surface area contributed by atoms with Crippen LogP contribution in [0, 0.1) is 0 Å². The molecule has 12 heavy (non-hydrogen) atoms. The van der Waals surface area contributed by atoms with Crippen molar-refractivity contribution in [1.29, 1.82) is 0 Å². The van der Waals surface area contributed by atoms with E-state index >= 15 is 0 Å². The Hall–Kier alpha value is -0.940. The lowest BCUT2D eigenvalue weighted by Gasteiger charge is -2.02. The summed E-state index contributed by atoms with van der Waals surface area (Å²) in [7, 11) is 1.65. The maximum absolute atomic E-state index is 5.77. The van der Waals surface area contributed by atoms with Crippen LogP contribution in [-0.4, -0.2) is 27.9 Å². The highest BCUT2D eigenvalue weighted by molar-refractivity contribution is 5.03. The summed E-state index contributed by atoms with van der Waals surface area (Å²) in [5.74, 6) is 1.86. The largest absolute Gasteiger partial charge is 0.377 e. The summed E-state index contributed by atoms with van der Waals surface area (Å²) in [5.41, 5.74) is 5.77. The minimum atomic E-state index is 0.200. The van der Waals surface area contributed by atoms with E-state index in [1.165, 1.54) is 0 Å². The molecule has 0 amide bonds. The maximum Gasteiger partial charge on any atom is 0.159 e. The van der Waals surface area contributed by atoms with Gasteiger partial charge in [-0.05, 0) is 0 Å². The minimum Gasteiger partial charge on any atom is -0.377 e. The zero-order valence-corrected chi connectivity index (χ0v) is 7.03. The molecule has 5 nitrogen and oxygen atoms in total. The third-order valence-corrected chi connectivity index (χ3v) is 2.04. The van der Waals surface area contributed by atoms with Crippen molar-refractivity contribution in [2.45, 2.75) is 25.6 Å². The van der Waals surface area contributed by atoms with Gasteiger partial charge >= 0.3 is 0 Å². The van der Waals surface area contributed by atoms with Gasteiger partial charge in [-0.25, -0.2) is 0 Å². The zero-order chi connectivity index (χ0) is 8.55. The first-order valence-corrected chi connectivity index (χ1v) is 3.96. The Balaban J connectivity index is 2.24. The summed E-state index contributed by atoms with van der Waals surface area (Å²) < 4.78 is 7.02. The highest BCUT2D eigenvalue weighted by Crippen LogP contribution is 2.13. The number of nitrogens with two attached hydrogens (primary N) is 1. The molecule has 0 saturated carbocycles. The molecule has 0 fully saturated rings. The fourth-order valence-corrected chi connectivity index (χ4v) is 1.50. The van der Waals surface area contributed by atoms with Crippen molar-refractivity contribution in [2.24, 2.45) is 5.73 Å². The molecular formula is C7H12N4O. The molecule has 0 aromatic carbocycles. The average Bonchev–Trinajstić information content (AvgIpc) is 2.52. The molecule has 1 aromatic rings. The van der Waals surface area contributed by atoms with Gasteiger partial charge in [-0.15, -0.1) is 10.2 Å². The molecule has 1 atom stereocenters. The first-order valence-electron chi connectivity index (χ1n) is 3.96. The van der Waals surface area contributed by atoms with Crippen LogP contribution in [0.5, 0.6) is 0 Å². The van der Waals surface area contributed by atoms with E-state index in [0.717, 1.165) is 24.6 Å². The van der Waals surface area contributed by atoms with Gasteiger partial charge in [0, 0.05) is 26.1 Å². The Morgan fingerprint density at radius 3 is 3.25 bits per heavy atom. The van der Waals surface area contributed by atoms with Crippen molar-refractivity contribution in [2.75, 3.05) is 7.11 Å². The Kier molecular flexibility index (Phi) is 1.82. The smallest absolute Gasteiger partial charge is 0.159 e. The standard InChI is InChI=1S/C7H12N4O/c1-12-4-7-10-9-6-2-5(8)3-11(6)7/h5H,2-4,8H2,1H3. The van der Waals surface area contributed by atoms with E-state index in [4.69, 9.17) is 10.5 Å². The molecule has 2 N–H and O–H groups in total. The maximum atomic E-state index is 5.77. The summed E-state index contributed by atoms with van der Waals surface area (Å²) in [5, 5.41) is 8.01. The van der Waals surface area contributed by atoms with E-state index in [-0.39, 0.29) is 6.04 Å². The number of fused-ring (bicyclic) bond motifs is 1. The molecule has 2 rings (SSSR count). The summed E-state index contributed by atoms with van der Waals surface area (Å²) >= 11 is 0. The number of rotatable bonds is 2. The Morgan fingerprint density at radius 1 is 1.67 bits per heavy atom. The average molecular weight is 168 g/mol. The zero-order valence-electron chi connectivity index (χ0n) is 7.03. The SMILES string of the molecule is COCc1nnc2n1CC(N)C2. The van der Waals surface area contributed by atoms with E-state index in [2.05, 4.69) is 10.2 Å². The second kappa shape index (κ2) is 2.84. The Bertz CT molecular complexity index is 283. The third-order valence-electron chi connectivity index (χ3n) is 2.04. The monoisotopic (exact) mass is 168 g/mol. The van der Waals surface area contributed by atoms with E-state index in [1.54, 1.807) is 7.11 Å². The molecule has 66 valence electrons. The van der Waals surface area contributed by atoms with Crippen LogP contribution in [0.3, 0.4) is 0 Å². The van der Waals surface area contributed by atoms with Gasteiger partial charge in [0.2, 0.25) is 0 Å². The van der Waals surface area contributed by atoms with Gasteiger partial charge in [0.1, 0.15) is 12.4 Å². The van der Waals surface area contributed by atoms with E-state index < -0.39 is 0 Å². The fraction of sp³-hybridized carbons (Fsp3) is 0.714. The molecule has 0 bridgehead atoms. The van der Waals surface area contributed by atoms with Crippen molar-refractivity contribution in [3.05, 3.63) is 11.6 Å². The predicted octanol–water partition coefficient (Wildman–Crippen LogP) is -0.692. The number of ether oxygens (including phenoxy) is 1. The Labute approximate surface area is 70.5 Å². The Morgan fingerprint density at radius 2 is 2.50 bits per heavy atom. The fourth-order valence-electron chi connectivity index (χ4n) is 1.50. The second-order valence-electron chi connectivity index (χ2n) is 3.04. The number of methoxy groups -OCH3 is 1. The van der Waals surface area contributed by atoms with Crippen LogP contribution in [0.4, 0.5) is 0 Å². The van der Waals surface area contributed by atoms with Gasteiger partial charge in [0.05, 0.1) is 0 Å². The van der Waals surface area contributed by atoms with Gasteiger partial charge in [-0.2, -0.15) is 0 Å². The number of aromatic nitrogens is 3. The van der Waals surface area contributed by atoms with Gasteiger partial charge < -0.3 is 15.0 Å². The molecule has 0 spiro atoms. The lowest BCUT2D eigenvalue weighted by molar-refractivity contribution is 0.174. The molecule has 1 unspecified atom stereocenters. The predicted molar refractivity (Wildman–Crippen MR) is 42.4 cm³/mol. The van der Waals surface area contributed by atoms with Crippen molar-refractivity contribution in [3.63, 3.8) is 0 Å². The third kappa shape index (κ3) is 1.11. The van der Waals surface area contributed by atoms with Crippen molar-refractivity contribution < 1.29 is 4.74 Å². The second-order valence-corrected chi connectivity index (χ2v) is 3.04. The summed E-state index contributed by atoms with van der Waals surface area (Å²) in [6.45, 7) is 1.33. The molecule has 0 radical (unpaired) electrons. The van der Waals surface area contributed by atoms with Crippen LogP contribution in [-0.2, 0) is 24.3 Å². The minimum absolute atomic E-state index is 0.200. The number of hydrogen-bond acceptors (Lipinski definition) is 4. The highest BCUT2D eigenvalue weighted by atomic mass is 16.5. The molecule has 2 heterocycles. The summed E-state index contributed by atoms with van der Waals surface area (Å²) in [6, 6.07) is 0.200. The van der Waals surface area contributed by atoms with Gasteiger partial charge in [0.15, 0.2) is 5.82 Å². The molecule has 0 saturated heterocycles. The van der Waals surface area contributed by atoms with E-state index in [1.807, 2.05) is 4.57 Å². The van der Waals surface area contributed by atoms with Gasteiger partial charge in [0.25, 0.3) is 0 Å². The topological polar surface area (TPSA) is 66.0 Å². The van der Waals surface area contributed by atoms with Gasteiger partial charge in [-0.3, -0.25) is 0 Å². The van der Waals surface area contributed by atoms with Crippen LogP contribution in [0.2, 0.25) is 0 Å². The quantitative estimate of drug-likeness (QED) is 0.634. The molecule has 5 heteroatoms. The number of hydrogen-bond donors (Lipinski definition) is 1. The van der Waals surface area contributed by atoms with Crippen LogP contribution >= 0.6 is 0 Å². The molecule has 1 aliphatic rings. The van der Waals surface area contributed by atoms with Crippen LogP contribution in [0.25, 0.3) is 0 Å². The molecule has 1 aliphatic heterocycles. The first kappa shape index (κ1) is 7.70. The van der Waals surface area contributed by atoms with Gasteiger partial charge in [-0.1, -0.05) is 0 Å².